The lowest BCUT2D eigenvalue weighted by atomic mass is 9.98. The highest BCUT2D eigenvalue weighted by atomic mass is 32.2. The molecular formula is C14H25N3O2S2. The number of hydrogen-bond acceptors (Lipinski definition) is 5. The fraction of sp³-hybridized carbons (Fsp3) is 0.786. The average molecular weight is 332 g/mol. The number of hydrogen-bond donors (Lipinski definition) is 0. The van der Waals surface area contributed by atoms with Gasteiger partial charge in [-0.1, -0.05) is 20.8 Å². The van der Waals surface area contributed by atoms with Crippen LogP contribution < -0.4 is 0 Å². The molecule has 0 atom stereocenters. The number of thiazole rings is 1. The van der Waals surface area contributed by atoms with E-state index in [2.05, 4.69) is 30.7 Å². The predicted octanol–water partition coefficient (Wildman–Crippen LogP) is 1.91. The van der Waals surface area contributed by atoms with Crippen molar-refractivity contribution in [3.8, 4) is 0 Å². The molecule has 0 unspecified atom stereocenters. The summed E-state index contributed by atoms with van der Waals surface area (Å²) in [6.45, 7) is 11.9. The third-order valence-electron chi connectivity index (χ3n) is 3.66. The van der Waals surface area contributed by atoms with Crippen molar-refractivity contribution in [2.75, 3.05) is 31.9 Å². The minimum absolute atomic E-state index is 0.0941. The van der Waals surface area contributed by atoms with Crippen molar-refractivity contribution in [2.45, 2.75) is 39.7 Å². The molecule has 0 saturated carbocycles. The van der Waals surface area contributed by atoms with E-state index >= 15 is 0 Å². The van der Waals surface area contributed by atoms with E-state index < -0.39 is 10.0 Å². The molecule has 1 aromatic rings. The van der Waals surface area contributed by atoms with Crippen molar-refractivity contribution in [1.29, 1.82) is 0 Å². The van der Waals surface area contributed by atoms with Crippen LogP contribution >= 0.6 is 11.3 Å². The first-order chi connectivity index (χ1) is 9.72. The normalized spacial score (nSPS) is 19.0. The van der Waals surface area contributed by atoms with Crippen LogP contribution in [0.1, 0.15) is 37.6 Å². The Morgan fingerprint density at radius 1 is 1.24 bits per heavy atom. The van der Waals surface area contributed by atoms with E-state index in [1.54, 1.807) is 22.6 Å². The maximum absolute atomic E-state index is 11.8. The maximum Gasteiger partial charge on any atom is 0.213 e. The SMILES string of the molecule is CCS(=O)(=O)N1CCN(Cc2cnc(C(C)(C)C)s2)CC1. The minimum Gasteiger partial charge on any atom is -0.296 e. The third kappa shape index (κ3) is 4.25. The van der Waals surface area contributed by atoms with Gasteiger partial charge in [0.25, 0.3) is 0 Å². The molecule has 1 aromatic heterocycles. The molecule has 0 aromatic carbocycles. The van der Waals surface area contributed by atoms with Gasteiger partial charge in [-0.3, -0.25) is 4.90 Å². The molecule has 0 radical (unpaired) electrons. The van der Waals surface area contributed by atoms with Gasteiger partial charge in [0.1, 0.15) is 0 Å². The quantitative estimate of drug-likeness (QED) is 0.846. The number of sulfonamides is 1. The number of piperazine rings is 1. The summed E-state index contributed by atoms with van der Waals surface area (Å²) in [7, 11) is -3.04. The zero-order valence-electron chi connectivity index (χ0n) is 13.3. The lowest BCUT2D eigenvalue weighted by Gasteiger charge is -2.33. The van der Waals surface area contributed by atoms with Crippen LogP contribution in [0.2, 0.25) is 0 Å². The van der Waals surface area contributed by atoms with Crippen molar-refractivity contribution < 1.29 is 8.42 Å². The van der Waals surface area contributed by atoms with Gasteiger partial charge in [-0.2, -0.15) is 4.31 Å². The Labute approximate surface area is 132 Å². The molecule has 0 spiro atoms. The molecular weight excluding hydrogens is 306 g/mol. The van der Waals surface area contributed by atoms with Gasteiger partial charge in [0.2, 0.25) is 10.0 Å². The summed E-state index contributed by atoms with van der Waals surface area (Å²) >= 11 is 1.76. The molecule has 2 heterocycles. The van der Waals surface area contributed by atoms with Crippen LogP contribution in [0.3, 0.4) is 0 Å². The Bertz CT molecular complexity index is 567. The predicted molar refractivity (Wildman–Crippen MR) is 87.1 cm³/mol. The highest BCUT2D eigenvalue weighted by Crippen LogP contribution is 2.27. The zero-order chi connectivity index (χ0) is 15.7. The highest BCUT2D eigenvalue weighted by molar-refractivity contribution is 7.89. The summed E-state index contributed by atoms with van der Waals surface area (Å²) in [6.07, 6.45) is 1.96. The van der Waals surface area contributed by atoms with Gasteiger partial charge in [-0.15, -0.1) is 11.3 Å². The zero-order valence-corrected chi connectivity index (χ0v) is 14.9. The van der Waals surface area contributed by atoms with Crippen LogP contribution in [0.4, 0.5) is 0 Å². The third-order valence-corrected chi connectivity index (χ3v) is 6.95. The Kier molecular flexibility index (Phi) is 5.07. The lowest BCUT2D eigenvalue weighted by molar-refractivity contribution is 0.183. The minimum atomic E-state index is -3.04. The van der Waals surface area contributed by atoms with Crippen molar-refractivity contribution in [1.82, 2.24) is 14.2 Å². The molecule has 0 bridgehead atoms. The summed E-state index contributed by atoms with van der Waals surface area (Å²) < 4.78 is 25.3. The molecule has 1 saturated heterocycles. The van der Waals surface area contributed by atoms with Crippen LogP contribution in [-0.4, -0.2) is 54.5 Å². The van der Waals surface area contributed by atoms with E-state index in [0.29, 0.717) is 13.1 Å². The fourth-order valence-electron chi connectivity index (χ4n) is 2.30. The first-order valence-corrected chi connectivity index (χ1v) is 9.80. The van der Waals surface area contributed by atoms with Gasteiger partial charge in [0, 0.05) is 49.2 Å². The topological polar surface area (TPSA) is 53.5 Å². The Morgan fingerprint density at radius 3 is 2.33 bits per heavy atom. The van der Waals surface area contributed by atoms with Crippen LogP contribution in [0.5, 0.6) is 0 Å². The van der Waals surface area contributed by atoms with Crippen LogP contribution in [-0.2, 0) is 22.0 Å². The molecule has 120 valence electrons. The summed E-state index contributed by atoms with van der Waals surface area (Å²) in [4.78, 5) is 8.07. The van der Waals surface area contributed by atoms with E-state index in [1.807, 2.05) is 6.20 Å². The van der Waals surface area contributed by atoms with E-state index in [-0.39, 0.29) is 11.2 Å². The summed E-state index contributed by atoms with van der Waals surface area (Å²) in [5.74, 6) is 0.191. The number of aromatic nitrogens is 1. The second kappa shape index (κ2) is 6.32. The van der Waals surface area contributed by atoms with Crippen LogP contribution in [0.15, 0.2) is 6.20 Å². The maximum atomic E-state index is 11.8. The largest absolute Gasteiger partial charge is 0.296 e. The highest BCUT2D eigenvalue weighted by Gasteiger charge is 2.26. The molecule has 2 rings (SSSR count). The second-order valence-electron chi connectivity index (χ2n) is 6.46. The van der Waals surface area contributed by atoms with E-state index in [1.165, 1.54) is 4.88 Å². The lowest BCUT2D eigenvalue weighted by Crippen LogP contribution is -2.48. The Morgan fingerprint density at radius 2 is 1.86 bits per heavy atom. The van der Waals surface area contributed by atoms with Gasteiger partial charge < -0.3 is 0 Å². The smallest absolute Gasteiger partial charge is 0.213 e. The van der Waals surface area contributed by atoms with Crippen LogP contribution in [0, 0.1) is 0 Å². The Hall–Kier alpha value is -0.500. The number of nitrogens with zero attached hydrogens (tertiary/aromatic N) is 3. The summed E-state index contributed by atoms with van der Waals surface area (Å²) in [5.41, 5.74) is 0.0941. The first-order valence-electron chi connectivity index (χ1n) is 7.38. The molecule has 1 aliphatic rings. The summed E-state index contributed by atoms with van der Waals surface area (Å²) in [6, 6.07) is 0. The first kappa shape index (κ1) is 16.9. The number of rotatable bonds is 4. The van der Waals surface area contributed by atoms with E-state index in [9.17, 15) is 8.42 Å². The van der Waals surface area contributed by atoms with Crippen molar-refractivity contribution in [2.24, 2.45) is 0 Å². The van der Waals surface area contributed by atoms with E-state index in [4.69, 9.17) is 0 Å². The Balaban J connectivity index is 1.91. The van der Waals surface area contributed by atoms with Crippen LogP contribution in [0.25, 0.3) is 0 Å². The van der Waals surface area contributed by atoms with Gasteiger partial charge in [0.05, 0.1) is 10.8 Å². The summed E-state index contributed by atoms with van der Waals surface area (Å²) in [5, 5.41) is 1.16. The molecule has 0 aliphatic carbocycles. The van der Waals surface area contributed by atoms with Gasteiger partial charge >= 0.3 is 0 Å². The molecule has 0 amide bonds. The molecule has 7 heteroatoms. The van der Waals surface area contributed by atoms with Gasteiger partial charge in [-0.25, -0.2) is 13.4 Å². The van der Waals surface area contributed by atoms with Crippen molar-refractivity contribution in [3.05, 3.63) is 16.1 Å². The fourth-order valence-corrected chi connectivity index (χ4v) is 4.39. The molecule has 5 nitrogen and oxygen atoms in total. The molecule has 21 heavy (non-hydrogen) atoms. The molecule has 1 fully saturated rings. The second-order valence-corrected chi connectivity index (χ2v) is 9.83. The van der Waals surface area contributed by atoms with Crippen molar-refractivity contribution in [3.63, 3.8) is 0 Å². The molecule has 0 N–H and O–H groups in total. The van der Waals surface area contributed by atoms with Crippen molar-refractivity contribution >= 4 is 21.4 Å². The van der Waals surface area contributed by atoms with Gasteiger partial charge in [-0.05, 0) is 6.92 Å². The van der Waals surface area contributed by atoms with E-state index in [0.717, 1.165) is 24.6 Å². The van der Waals surface area contributed by atoms with Gasteiger partial charge in [0.15, 0.2) is 0 Å². The molecule has 1 aliphatic heterocycles. The monoisotopic (exact) mass is 331 g/mol. The average Bonchev–Trinajstić information content (AvgIpc) is 2.88. The standard InChI is InChI=1S/C14H25N3O2S2/c1-5-21(18,19)17-8-6-16(7-9-17)11-12-10-15-13(20-12)14(2,3)4/h10H,5-9,11H2,1-4H3.